The van der Waals surface area contributed by atoms with Crippen LogP contribution in [0, 0.1) is 11.8 Å². The van der Waals surface area contributed by atoms with Gasteiger partial charge in [-0.3, -0.25) is 14.7 Å². The van der Waals surface area contributed by atoms with E-state index in [0.29, 0.717) is 24.0 Å². The number of fused-ring (bicyclic) bond motifs is 3. The van der Waals surface area contributed by atoms with Crippen LogP contribution in [0.3, 0.4) is 0 Å². The molecule has 0 aromatic rings. The van der Waals surface area contributed by atoms with E-state index in [9.17, 15) is 4.79 Å². The van der Waals surface area contributed by atoms with Gasteiger partial charge in [0.1, 0.15) is 11.9 Å². The predicted octanol–water partition coefficient (Wildman–Crippen LogP) is 3.14. The second-order valence-corrected chi connectivity index (χ2v) is 8.06. The molecule has 4 heterocycles. The van der Waals surface area contributed by atoms with E-state index in [4.69, 9.17) is 15.2 Å². The molecule has 3 fully saturated rings. The molecule has 0 aromatic heterocycles. The normalized spacial score (nSPS) is 31.8. The van der Waals surface area contributed by atoms with E-state index in [1.807, 2.05) is 25.2 Å². The lowest BCUT2D eigenvalue weighted by Gasteiger charge is -2.51. The Kier molecular flexibility index (Phi) is 7.45. The zero-order valence-corrected chi connectivity index (χ0v) is 18.0. The lowest BCUT2D eigenvalue weighted by atomic mass is 9.73. The first-order valence-electron chi connectivity index (χ1n) is 10.6. The van der Waals surface area contributed by atoms with Crippen molar-refractivity contribution in [2.24, 2.45) is 22.6 Å². The van der Waals surface area contributed by atoms with Crippen LogP contribution in [0.2, 0.25) is 0 Å². The SMILES string of the molecule is C=CC1CN2CCC1C[C@H]2C(OC(=O)CN)C1=CC=N/C(=C/C)C/C1=C\C(=C)OC. The summed E-state index contributed by atoms with van der Waals surface area (Å²) in [6.07, 6.45) is 12.0. The van der Waals surface area contributed by atoms with Gasteiger partial charge >= 0.3 is 5.97 Å². The van der Waals surface area contributed by atoms with Gasteiger partial charge in [-0.05, 0) is 61.4 Å². The minimum atomic E-state index is -0.423. The van der Waals surface area contributed by atoms with Crippen LogP contribution in [0.4, 0.5) is 0 Å². The summed E-state index contributed by atoms with van der Waals surface area (Å²) in [5.41, 5.74) is 8.47. The molecule has 5 atom stereocenters. The first-order chi connectivity index (χ1) is 14.5. The fourth-order valence-corrected chi connectivity index (χ4v) is 4.74. The van der Waals surface area contributed by atoms with Crippen LogP contribution in [-0.2, 0) is 14.3 Å². The molecule has 0 aromatic carbocycles. The van der Waals surface area contributed by atoms with Crippen molar-refractivity contribution >= 4 is 12.2 Å². The van der Waals surface area contributed by atoms with Crippen molar-refractivity contribution in [1.29, 1.82) is 0 Å². The van der Waals surface area contributed by atoms with Gasteiger partial charge < -0.3 is 15.2 Å². The maximum absolute atomic E-state index is 12.3. The van der Waals surface area contributed by atoms with Gasteiger partial charge in [0.2, 0.25) is 0 Å². The zero-order valence-electron chi connectivity index (χ0n) is 18.0. The number of carbonyl (C=O) groups is 1. The highest BCUT2D eigenvalue weighted by Gasteiger charge is 2.44. The average Bonchev–Trinajstić information content (AvgIpc) is 2.99. The molecule has 4 rings (SSSR count). The highest BCUT2D eigenvalue weighted by atomic mass is 16.5. The molecule has 0 radical (unpaired) electrons. The van der Waals surface area contributed by atoms with Crippen LogP contribution >= 0.6 is 0 Å². The Morgan fingerprint density at radius 1 is 1.50 bits per heavy atom. The topological polar surface area (TPSA) is 77.2 Å². The van der Waals surface area contributed by atoms with Gasteiger partial charge in [-0.2, -0.15) is 0 Å². The highest BCUT2D eigenvalue weighted by molar-refractivity contribution is 5.78. The standard InChI is InChI=1S/C24H33N3O3/c1-5-17-15-27-10-8-18(17)13-22(27)24(30-23(28)14-25)21-7-9-26-20(6-2)12-19(21)11-16(3)29-4/h5-7,9,11,17-18,22,24H,1,3,8,10,12-15,25H2,2,4H3/b19-11+,20-6+/t17?,18?,22-,24?/m0/s1. The van der Waals surface area contributed by atoms with Gasteiger partial charge in [0.05, 0.1) is 19.7 Å². The van der Waals surface area contributed by atoms with Crippen molar-refractivity contribution in [3.63, 3.8) is 0 Å². The Labute approximate surface area is 179 Å². The van der Waals surface area contributed by atoms with Crippen molar-refractivity contribution in [3.8, 4) is 0 Å². The molecule has 0 aliphatic carbocycles. The number of aliphatic imine (C=N–C) groups is 1. The lowest BCUT2D eigenvalue weighted by Crippen LogP contribution is -2.58. The van der Waals surface area contributed by atoms with Crippen molar-refractivity contribution in [1.82, 2.24) is 4.90 Å². The van der Waals surface area contributed by atoms with Crippen LogP contribution in [0.5, 0.6) is 0 Å². The Balaban J connectivity index is 1.99. The van der Waals surface area contributed by atoms with Crippen LogP contribution < -0.4 is 5.73 Å². The minimum absolute atomic E-state index is 0.0986. The largest absolute Gasteiger partial charge is 0.497 e. The number of piperidine rings is 3. The van der Waals surface area contributed by atoms with E-state index in [2.05, 4.69) is 29.1 Å². The number of nitrogens with two attached hydrogens (primary N) is 1. The van der Waals surface area contributed by atoms with Gasteiger partial charge in [0, 0.05) is 24.9 Å². The number of rotatable bonds is 7. The van der Waals surface area contributed by atoms with Gasteiger partial charge in [0.25, 0.3) is 0 Å². The van der Waals surface area contributed by atoms with Crippen LogP contribution in [0.25, 0.3) is 0 Å². The van der Waals surface area contributed by atoms with E-state index in [-0.39, 0.29) is 12.6 Å². The number of nitrogens with zero attached hydrogens (tertiary/aromatic N) is 2. The maximum atomic E-state index is 12.3. The van der Waals surface area contributed by atoms with Gasteiger partial charge in [-0.1, -0.05) is 18.7 Å². The van der Waals surface area contributed by atoms with Crippen molar-refractivity contribution in [2.75, 3.05) is 26.7 Å². The van der Waals surface area contributed by atoms with Gasteiger partial charge in [-0.15, -0.1) is 6.58 Å². The molecular formula is C24H33N3O3. The summed E-state index contributed by atoms with van der Waals surface area (Å²) in [4.78, 5) is 19.3. The first-order valence-corrected chi connectivity index (χ1v) is 10.6. The fourth-order valence-electron chi connectivity index (χ4n) is 4.74. The number of ether oxygens (including phenoxy) is 2. The number of hydrogen-bond donors (Lipinski definition) is 1. The molecule has 0 spiro atoms. The first kappa shape index (κ1) is 22.2. The smallest absolute Gasteiger partial charge is 0.320 e. The molecule has 0 saturated carbocycles. The molecule has 162 valence electrons. The van der Waals surface area contributed by atoms with Crippen molar-refractivity contribution in [2.45, 2.75) is 38.3 Å². The quantitative estimate of drug-likeness (QED) is 0.396. The van der Waals surface area contributed by atoms with Crippen molar-refractivity contribution in [3.05, 3.63) is 60.1 Å². The molecule has 4 unspecified atom stereocenters. The maximum Gasteiger partial charge on any atom is 0.320 e. The number of esters is 1. The second kappa shape index (κ2) is 10.0. The summed E-state index contributed by atoms with van der Waals surface area (Å²) < 4.78 is 11.3. The van der Waals surface area contributed by atoms with Crippen LogP contribution in [0.1, 0.15) is 26.2 Å². The molecule has 2 bridgehead atoms. The van der Waals surface area contributed by atoms with Crippen molar-refractivity contribution < 1.29 is 14.3 Å². The number of allylic oxidation sites excluding steroid dienone is 4. The van der Waals surface area contributed by atoms with E-state index >= 15 is 0 Å². The monoisotopic (exact) mass is 411 g/mol. The third-order valence-corrected chi connectivity index (χ3v) is 6.40. The Bertz CT molecular complexity index is 809. The lowest BCUT2D eigenvalue weighted by molar-refractivity contribution is -0.151. The highest BCUT2D eigenvalue weighted by Crippen LogP contribution is 2.41. The molecule has 6 heteroatoms. The summed E-state index contributed by atoms with van der Waals surface area (Å²) in [5.74, 6) is 1.20. The number of carbonyl (C=O) groups excluding carboxylic acids is 1. The molecule has 4 aliphatic heterocycles. The summed E-state index contributed by atoms with van der Waals surface area (Å²) in [5, 5.41) is 0. The third kappa shape index (κ3) is 4.82. The molecule has 0 amide bonds. The number of hydrogen-bond acceptors (Lipinski definition) is 6. The van der Waals surface area contributed by atoms with E-state index in [0.717, 1.165) is 42.8 Å². The summed E-state index contributed by atoms with van der Waals surface area (Å²) >= 11 is 0. The Hall–Kier alpha value is -2.44. The Morgan fingerprint density at radius 3 is 2.90 bits per heavy atom. The molecule has 30 heavy (non-hydrogen) atoms. The van der Waals surface area contributed by atoms with Crippen LogP contribution in [-0.4, -0.2) is 56.0 Å². The zero-order chi connectivity index (χ0) is 21.7. The Morgan fingerprint density at radius 2 is 2.30 bits per heavy atom. The third-order valence-electron chi connectivity index (χ3n) is 6.40. The molecular weight excluding hydrogens is 378 g/mol. The van der Waals surface area contributed by atoms with E-state index < -0.39 is 12.1 Å². The molecule has 4 aliphatic rings. The molecule has 3 saturated heterocycles. The molecule has 6 nitrogen and oxygen atoms in total. The summed E-state index contributed by atoms with van der Waals surface area (Å²) in [6.45, 7) is 11.7. The minimum Gasteiger partial charge on any atom is -0.497 e. The number of methoxy groups -OCH3 is 1. The van der Waals surface area contributed by atoms with Gasteiger partial charge in [-0.25, -0.2) is 0 Å². The van der Waals surface area contributed by atoms with Gasteiger partial charge in [0.15, 0.2) is 0 Å². The second-order valence-electron chi connectivity index (χ2n) is 8.06. The summed E-state index contributed by atoms with van der Waals surface area (Å²) in [7, 11) is 1.60. The average molecular weight is 412 g/mol. The molecule has 2 N–H and O–H groups in total. The summed E-state index contributed by atoms with van der Waals surface area (Å²) in [6, 6.07) is 0.0986. The van der Waals surface area contributed by atoms with E-state index in [1.54, 1.807) is 13.3 Å². The predicted molar refractivity (Wildman–Crippen MR) is 120 cm³/mol. The van der Waals surface area contributed by atoms with E-state index in [1.165, 1.54) is 0 Å². The fraction of sp³-hybridized carbons (Fsp3) is 0.500. The van der Waals surface area contributed by atoms with Crippen LogP contribution in [0.15, 0.2) is 65.1 Å².